The van der Waals surface area contributed by atoms with Crippen molar-refractivity contribution in [1.82, 2.24) is 3.97 Å². The van der Waals surface area contributed by atoms with E-state index in [1.807, 2.05) is 0 Å². The van der Waals surface area contributed by atoms with Crippen molar-refractivity contribution in [3.05, 3.63) is 64.0 Å². The zero-order valence-corrected chi connectivity index (χ0v) is 17.1. The lowest BCUT2D eigenvalue weighted by Gasteiger charge is -2.10. The molecule has 0 radical (unpaired) electrons. The molecule has 0 aliphatic carbocycles. The molecular formula is C19H17BrFNO4S. The molecular weight excluding hydrogens is 437 g/mol. The zero-order chi connectivity index (χ0) is 19.8. The van der Waals surface area contributed by atoms with Crippen LogP contribution in [-0.2, 0) is 26.0 Å². The summed E-state index contributed by atoms with van der Waals surface area (Å²) >= 11 is 3.28. The van der Waals surface area contributed by atoms with E-state index in [1.54, 1.807) is 26.0 Å². The van der Waals surface area contributed by atoms with Gasteiger partial charge in [-0.1, -0.05) is 15.9 Å². The standard InChI is InChI=1S/C19H17BrFNO4S/c1-3-26-19(23)11-16-12(2)22(18-9-6-14(21)10-17(16)18)27(24,25)15-7-4-13(20)5-8-15/h4-10H,3,11H2,1-2H3. The molecule has 142 valence electrons. The van der Waals surface area contributed by atoms with Crippen LogP contribution >= 0.6 is 15.9 Å². The summed E-state index contributed by atoms with van der Waals surface area (Å²) in [6.07, 6.45) is -0.136. The third-order valence-corrected chi connectivity index (χ3v) is 6.57. The van der Waals surface area contributed by atoms with Crippen LogP contribution in [0.5, 0.6) is 0 Å². The molecule has 0 saturated carbocycles. The van der Waals surface area contributed by atoms with Crippen molar-refractivity contribution in [3.8, 4) is 0 Å². The summed E-state index contributed by atoms with van der Waals surface area (Å²) in [6.45, 7) is 3.50. The minimum Gasteiger partial charge on any atom is -0.466 e. The third-order valence-electron chi connectivity index (χ3n) is 4.22. The number of esters is 1. The number of aromatic nitrogens is 1. The van der Waals surface area contributed by atoms with Crippen molar-refractivity contribution < 1.29 is 22.3 Å². The Morgan fingerprint density at radius 2 is 1.85 bits per heavy atom. The van der Waals surface area contributed by atoms with Crippen LogP contribution in [0, 0.1) is 12.7 Å². The second kappa shape index (κ2) is 7.44. The maximum absolute atomic E-state index is 13.8. The number of nitrogens with zero attached hydrogens (tertiary/aromatic N) is 1. The number of halogens is 2. The number of rotatable bonds is 5. The number of benzene rings is 2. The SMILES string of the molecule is CCOC(=O)Cc1c(C)n(S(=O)(=O)c2ccc(Br)cc2)c2ccc(F)cc12. The summed E-state index contributed by atoms with van der Waals surface area (Å²) in [6, 6.07) is 10.1. The molecule has 0 aliphatic heterocycles. The highest BCUT2D eigenvalue weighted by Crippen LogP contribution is 2.31. The smallest absolute Gasteiger partial charge is 0.310 e. The van der Waals surface area contributed by atoms with Crippen molar-refractivity contribution in [2.75, 3.05) is 6.61 Å². The fraction of sp³-hybridized carbons (Fsp3) is 0.211. The van der Waals surface area contributed by atoms with E-state index in [9.17, 15) is 17.6 Å². The van der Waals surface area contributed by atoms with Gasteiger partial charge in [0.1, 0.15) is 5.82 Å². The molecule has 0 N–H and O–H groups in total. The molecule has 3 rings (SSSR count). The van der Waals surface area contributed by atoms with E-state index in [-0.39, 0.29) is 17.9 Å². The van der Waals surface area contributed by atoms with Crippen molar-refractivity contribution in [2.24, 2.45) is 0 Å². The summed E-state index contributed by atoms with van der Waals surface area (Å²) in [5, 5.41) is 0.376. The van der Waals surface area contributed by atoms with Crippen LogP contribution in [0.3, 0.4) is 0 Å². The molecule has 0 bridgehead atoms. The average Bonchev–Trinajstić information content (AvgIpc) is 2.87. The summed E-state index contributed by atoms with van der Waals surface area (Å²) < 4.78 is 47.2. The van der Waals surface area contributed by atoms with Crippen molar-refractivity contribution >= 4 is 42.8 Å². The van der Waals surface area contributed by atoms with Crippen LogP contribution in [0.2, 0.25) is 0 Å². The first-order valence-electron chi connectivity index (χ1n) is 8.22. The minimum atomic E-state index is -3.93. The van der Waals surface area contributed by atoms with Gasteiger partial charge in [-0.3, -0.25) is 4.79 Å². The molecule has 3 aromatic rings. The normalized spacial score (nSPS) is 11.7. The molecule has 5 nitrogen and oxygen atoms in total. The van der Waals surface area contributed by atoms with Crippen LogP contribution in [0.4, 0.5) is 4.39 Å². The van der Waals surface area contributed by atoms with E-state index in [0.717, 1.165) is 8.45 Å². The van der Waals surface area contributed by atoms with E-state index < -0.39 is 21.8 Å². The maximum Gasteiger partial charge on any atom is 0.310 e. The monoisotopic (exact) mass is 453 g/mol. The number of hydrogen-bond acceptors (Lipinski definition) is 4. The van der Waals surface area contributed by atoms with E-state index in [1.165, 1.54) is 30.3 Å². The number of hydrogen-bond donors (Lipinski definition) is 0. The quantitative estimate of drug-likeness (QED) is 0.543. The molecule has 0 aliphatic rings. The Hall–Kier alpha value is -2.19. The van der Waals surface area contributed by atoms with Gasteiger partial charge in [-0.15, -0.1) is 0 Å². The molecule has 0 atom stereocenters. The van der Waals surface area contributed by atoms with Crippen LogP contribution in [0.25, 0.3) is 10.9 Å². The second-order valence-corrected chi connectivity index (χ2v) is 8.63. The first kappa shape index (κ1) is 19.6. The molecule has 2 aromatic carbocycles. The summed E-state index contributed by atoms with van der Waals surface area (Å²) in [5.74, 6) is -1.00. The molecule has 1 aromatic heterocycles. The fourth-order valence-electron chi connectivity index (χ4n) is 3.03. The van der Waals surface area contributed by atoms with Crippen molar-refractivity contribution in [1.29, 1.82) is 0 Å². The average molecular weight is 454 g/mol. The molecule has 8 heteroatoms. The predicted octanol–water partition coefficient (Wildman–Crippen LogP) is 4.19. The second-order valence-electron chi connectivity index (χ2n) is 5.93. The van der Waals surface area contributed by atoms with Crippen molar-refractivity contribution in [2.45, 2.75) is 25.2 Å². The van der Waals surface area contributed by atoms with Gasteiger partial charge in [-0.05, 0) is 61.9 Å². The van der Waals surface area contributed by atoms with Crippen LogP contribution < -0.4 is 0 Å². The van der Waals surface area contributed by atoms with Crippen LogP contribution in [-0.4, -0.2) is 25.0 Å². The Morgan fingerprint density at radius 1 is 1.19 bits per heavy atom. The van der Waals surface area contributed by atoms with Gasteiger partial charge in [-0.25, -0.2) is 16.8 Å². The lowest BCUT2D eigenvalue weighted by molar-refractivity contribution is -0.142. The van der Waals surface area contributed by atoms with Gasteiger partial charge in [0.25, 0.3) is 10.0 Å². The predicted molar refractivity (Wildman–Crippen MR) is 104 cm³/mol. The first-order valence-corrected chi connectivity index (χ1v) is 10.4. The molecule has 27 heavy (non-hydrogen) atoms. The van der Waals surface area contributed by atoms with Gasteiger partial charge in [0.2, 0.25) is 0 Å². The van der Waals surface area contributed by atoms with Gasteiger partial charge < -0.3 is 4.74 Å². The fourth-order valence-corrected chi connectivity index (χ4v) is 4.87. The Balaban J connectivity index is 2.25. The van der Waals surface area contributed by atoms with Crippen molar-refractivity contribution in [3.63, 3.8) is 0 Å². The number of ether oxygens (including phenoxy) is 1. The van der Waals surface area contributed by atoms with Gasteiger partial charge in [0.15, 0.2) is 0 Å². The molecule has 0 fully saturated rings. The molecule has 0 unspecified atom stereocenters. The van der Waals surface area contributed by atoms with Gasteiger partial charge >= 0.3 is 5.97 Å². The molecule has 0 saturated heterocycles. The van der Waals surface area contributed by atoms with E-state index >= 15 is 0 Å². The summed E-state index contributed by atoms with van der Waals surface area (Å²) in [4.78, 5) is 12.1. The largest absolute Gasteiger partial charge is 0.466 e. The highest BCUT2D eigenvalue weighted by molar-refractivity contribution is 9.10. The number of carbonyl (C=O) groups is 1. The van der Waals surface area contributed by atoms with Gasteiger partial charge in [0.05, 0.1) is 23.4 Å². The maximum atomic E-state index is 13.8. The summed E-state index contributed by atoms with van der Waals surface area (Å²) in [7, 11) is -3.93. The lowest BCUT2D eigenvalue weighted by Crippen LogP contribution is -2.15. The topological polar surface area (TPSA) is 65.4 Å². The third kappa shape index (κ3) is 3.64. The van der Waals surface area contributed by atoms with E-state index in [2.05, 4.69) is 15.9 Å². The van der Waals surface area contributed by atoms with Gasteiger partial charge in [-0.2, -0.15) is 0 Å². The number of fused-ring (bicyclic) bond motifs is 1. The molecule has 0 spiro atoms. The van der Waals surface area contributed by atoms with Gasteiger partial charge in [0, 0.05) is 15.6 Å². The minimum absolute atomic E-state index is 0.0951. The Morgan fingerprint density at radius 3 is 2.48 bits per heavy atom. The highest BCUT2D eigenvalue weighted by atomic mass is 79.9. The summed E-state index contributed by atoms with van der Waals surface area (Å²) in [5.41, 5.74) is 1.10. The lowest BCUT2D eigenvalue weighted by atomic mass is 10.1. The van der Waals surface area contributed by atoms with Crippen LogP contribution in [0.15, 0.2) is 51.8 Å². The van der Waals surface area contributed by atoms with Crippen LogP contribution in [0.1, 0.15) is 18.2 Å². The number of carbonyl (C=O) groups excluding carboxylic acids is 1. The molecule has 0 amide bonds. The first-order chi connectivity index (χ1) is 12.8. The van der Waals surface area contributed by atoms with E-state index in [4.69, 9.17) is 4.74 Å². The molecule has 1 heterocycles. The zero-order valence-electron chi connectivity index (χ0n) is 14.7. The Labute approximate surface area is 164 Å². The Kier molecular flexibility index (Phi) is 5.39. The highest BCUT2D eigenvalue weighted by Gasteiger charge is 2.26. The Bertz CT molecular complexity index is 1120. The van der Waals surface area contributed by atoms with E-state index in [0.29, 0.717) is 22.2 Å².